The molecule has 2 atom stereocenters. The molecule has 1 aliphatic carbocycles. The largest absolute Gasteiger partial charge is 0.490 e. The van der Waals surface area contributed by atoms with Crippen LogP contribution in [0, 0.1) is 18.3 Å². The first-order chi connectivity index (χ1) is 8.56. The molecule has 18 heavy (non-hydrogen) atoms. The van der Waals surface area contributed by atoms with Crippen LogP contribution in [0.15, 0.2) is 18.2 Å². The Hall–Kier alpha value is -1.51. The van der Waals surface area contributed by atoms with Gasteiger partial charge in [-0.3, -0.25) is 5.41 Å². The maximum atomic E-state index is 7.63. The van der Waals surface area contributed by atoms with Crippen LogP contribution in [0.3, 0.4) is 0 Å². The molecule has 2 rings (SSSR count). The summed E-state index contributed by atoms with van der Waals surface area (Å²) in [7, 11) is 0. The smallest absolute Gasteiger partial charge is 0.130 e. The minimum Gasteiger partial charge on any atom is -0.490 e. The van der Waals surface area contributed by atoms with Crippen molar-refractivity contribution < 1.29 is 4.74 Å². The summed E-state index contributed by atoms with van der Waals surface area (Å²) in [6, 6.07) is 5.86. The molecular formula is C15H22N2O. The molecule has 98 valence electrons. The quantitative estimate of drug-likeness (QED) is 0.635. The summed E-state index contributed by atoms with van der Waals surface area (Å²) in [6.45, 7) is 4.27. The van der Waals surface area contributed by atoms with Crippen LogP contribution < -0.4 is 10.5 Å². The monoisotopic (exact) mass is 246 g/mol. The number of nitrogen functional groups attached to an aromatic ring is 1. The summed E-state index contributed by atoms with van der Waals surface area (Å²) in [5, 5.41) is 7.63. The molecule has 3 nitrogen and oxygen atoms in total. The molecular weight excluding hydrogens is 224 g/mol. The molecule has 0 amide bonds. The maximum Gasteiger partial charge on any atom is 0.130 e. The fourth-order valence-corrected chi connectivity index (χ4v) is 2.62. The van der Waals surface area contributed by atoms with Gasteiger partial charge < -0.3 is 10.5 Å². The number of hydrogen-bond donors (Lipinski definition) is 2. The predicted octanol–water partition coefficient (Wildman–Crippen LogP) is 3.24. The van der Waals surface area contributed by atoms with Gasteiger partial charge in [0.1, 0.15) is 11.6 Å². The number of nitrogens with two attached hydrogens (primary N) is 1. The van der Waals surface area contributed by atoms with Crippen LogP contribution in [0.4, 0.5) is 0 Å². The third kappa shape index (κ3) is 3.03. The van der Waals surface area contributed by atoms with Crippen LogP contribution in [0.2, 0.25) is 0 Å². The van der Waals surface area contributed by atoms with Gasteiger partial charge in [-0.15, -0.1) is 0 Å². The highest BCUT2D eigenvalue weighted by molar-refractivity contribution is 5.97. The molecule has 0 heterocycles. The van der Waals surface area contributed by atoms with E-state index in [0.717, 1.165) is 30.1 Å². The minimum atomic E-state index is 0.0811. The number of rotatable bonds is 3. The standard InChI is InChI=1S/C15H22N2O/c1-10-4-3-5-12(8-10)18-14-7-6-11(2)9-13(14)15(16)17/h6-7,9-10,12H,3-5,8H2,1-2H3,(H3,16,17). The second kappa shape index (κ2) is 5.42. The van der Waals surface area contributed by atoms with E-state index in [1.807, 2.05) is 25.1 Å². The average Bonchev–Trinajstić information content (AvgIpc) is 2.31. The van der Waals surface area contributed by atoms with Crippen molar-refractivity contribution in [2.75, 3.05) is 0 Å². The van der Waals surface area contributed by atoms with Gasteiger partial charge in [0.25, 0.3) is 0 Å². The molecule has 2 unspecified atom stereocenters. The van der Waals surface area contributed by atoms with Gasteiger partial charge in [0.15, 0.2) is 0 Å². The van der Waals surface area contributed by atoms with E-state index in [1.54, 1.807) is 0 Å². The molecule has 0 bridgehead atoms. The predicted molar refractivity (Wildman–Crippen MR) is 74.2 cm³/mol. The second-order valence-electron chi connectivity index (χ2n) is 5.42. The molecule has 0 aromatic heterocycles. The number of ether oxygens (including phenoxy) is 1. The van der Waals surface area contributed by atoms with Gasteiger partial charge in [0.2, 0.25) is 0 Å². The van der Waals surface area contributed by atoms with E-state index in [4.69, 9.17) is 15.9 Å². The molecule has 1 aliphatic rings. The van der Waals surface area contributed by atoms with Crippen LogP contribution >= 0.6 is 0 Å². The van der Waals surface area contributed by atoms with Crippen molar-refractivity contribution in [2.45, 2.75) is 45.6 Å². The number of amidine groups is 1. The number of nitrogens with one attached hydrogen (secondary N) is 1. The van der Waals surface area contributed by atoms with Crippen LogP contribution in [0.1, 0.15) is 43.7 Å². The van der Waals surface area contributed by atoms with Gasteiger partial charge in [-0.2, -0.15) is 0 Å². The highest BCUT2D eigenvalue weighted by Gasteiger charge is 2.21. The van der Waals surface area contributed by atoms with Crippen LogP contribution in [0.25, 0.3) is 0 Å². The van der Waals surface area contributed by atoms with Gasteiger partial charge in [0.05, 0.1) is 11.7 Å². The Morgan fingerprint density at radius 3 is 2.83 bits per heavy atom. The molecule has 1 fully saturated rings. The van der Waals surface area contributed by atoms with Crippen molar-refractivity contribution in [3.63, 3.8) is 0 Å². The Morgan fingerprint density at radius 1 is 1.39 bits per heavy atom. The summed E-state index contributed by atoms with van der Waals surface area (Å²) in [6.07, 6.45) is 5.01. The Morgan fingerprint density at radius 2 is 2.17 bits per heavy atom. The van der Waals surface area contributed by atoms with E-state index < -0.39 is 0 Å². The van der Waals surface area contributed by atoms with Crippen molar-refractivity contribution in [2.24, 2.45) is 11.7 Å². The first-order valence-electron chi connectivity index (χ1n) is 6.68. The topological polar surface area (TPSA) is 59.1 Å². The van der Waals surface area contributed by atoms with E-state index in [2.05, 4.69) is 6.92 Å². The first-order valence-corrected chi connectivity index (χ1v) is 6.68. The number of hydrogen-bond acceptors (Lipinski definition) is 2. The molecule has 0 spiro atoms. The third-order valence-electron chi connectivity index (χ3n) is 3.61. The van der Waals surface area contributed by atoms with Crippen LogP contribution in [-0.4, -0.2) is 11.9 Å². The van der Waals surface area contributed by atoms with Crippen molar-refractivity contribution in [3.8, 4) is 5.75 Å². The molecule has 1 saturated carbocycles. The van der Waals surface area contributed by atoms with E-state index in [-0.39, 0.29) is 11.9 Å². The lowest BCUT2D eigenvalue weighted by Crippen LogP contribution is -2.25. The molecule has 3 N–H and O–H groups in total. The summed E-state index contributed by atoms with van der Waals surface area (Å²) in [4.78, 5) is 0. The number of aryl methyl sites for hydroxylation is 1. The molecule has 0 radical (unpaired) electrons. The van der Waals surface area contributed by atoms with Crippen molar-refractivity contribution in [1.29, 1.82) is 5.41 Å². The van der Waals surface area contributed by atoms with E-state index in [9.17, 15) is 0 Å². The number of benzene rings is 1. The van der Waals surface area contributed by atoms with Crippen molar-refractivity contribution in [1.82, 2.24) is 0 Å². The van der Waals surface area contributed by atoms with Gasteiger partial charge in [-0.25, -0.2) is 0 Å². The maximum absolute atomic E-state index is 7.63. The summed E-state index contributed by atoms with van der Waals surface area (Å²) < 4.78 is 6.05. The van der Waals surface area contributed by atoms with Crippen LogP contribution in [0.5, 0.6) is 5.75 Å². The molecule has 3 heteroatoms. The average molecular weight is 246 g/mol. The molecule has 1 aromatic rings. The molecule has 0 aliphatic heterocycles. The van der Waals surface area contributed by atoms with Crippen LogP contribution in [-0.2, 0) is 0 Å². The zero-order chi connectivity index (χ0) is 13.1. The summed E-state index contributed by atoms with van der Waals surface area (Å²) in [5.41, 5.74) is 7.44. The minimum absolute atomic E-state index is 0.0811. The van der Waals surface area contributed by atoms with E-state index in [1.165, 1.54) is 12.8 Å². The van der Waals surface area contributed by atoms with E-state index >= 15 is 0 Å². The lowest BCUT2D eigenvalue weighted by molar-refractivity contribution is 0.129. The Kier molecular flexibility index (Phi) is 3.90. The van der Waals surface area contributed by atoms with Gasteiger partial charge in [-0.05, 0) is 44.2 Å². The second-order valence-corrected chi connectivity index (χ2v) is 5.42. The summed E-state index contributed by atoms with van der Waals surface area (Å²) >= 11 is 0. The molecule has 1 aromatic carbocycles. The third-order valence-corrected chi connectivity index (χ3v) is 3.61. The SMILES string of the molecule is Cc1ccc(OC2CCCC(C)C2)c(C(=N)N)c1. The lowest BCUT2D eigenvalue weighted by Gasteiger charge is -2.28. The van der Waals surface area contributed by atoms with Crippen molar-refractivity contribution >= 4 is 5.84 Å². The summed E-state index contributed by atoms with van der Waals surface area (Å²) in [5.74, 6) is 1.57. The zero-order valence-electron chi connectivity index (χ0n) is 11.2. The van der Waals surface area contributed by atoms with Gasteiger partial charge in [-0.1, -0.05) is 25.0 Å². The molecule has 0 saturated heterocycles. The Balaban J connectivity index is 2.15. The van der Waals surface area contributed by atoms with Gasteiger partial charge >= 0.3 is 0 Å². The Bertz CT molecular complexity index is 442. The highest BCUT2D eigenvalue weighted by atomic mass is 16.5. The Labute approximate surface area is 109 Å². The fraction of sp³-hybridized carbons (Fsp3) is 0.533. The lowest BCUT2D eigenvalue weighted by atomic mass is 9.88. The first kappa shape index (κ1) is 12.9. The fourth-order valence-electron chi connectivity index (χ4n) is 2.62. The van der Waals surface area contributed by atoms with E-state index in [0.29, 0.717) is 5.56 Å². The highest BCUT2D eigenvalue weighted by Crippen LogP contribution is 2.29. The van der Waals surface area contributed by atoms with Crippen molar-refractivity contribution in [3.05, 3.63) is 29.3 Å². The normalized spacial score (nSPS) is 23.7. The zero-order valence-corrected chi connectivity index (χ0v) is 11.2. The van der Waals surface area contributed by atoms with Gasteiger partial charge in [0, 0.05) is 0 Å².